The Hall–Kier alpha value is -3.48. The van der Waals surface area contributed by atoms with Gasteiger partial charge in [0.05, 0.1) is 11.9 Å². The first kappa shape index (κ1) is 20.3. The van der Waals surface area contributed by atoms with Gasteiger partial charge < -0.3 is 9.47 Å². The van der Waals surface area contributed by atoms with E-state index in [9.17, 15) is 14.4 Å². The van der Waals surface area contributed by atoms with Crippen molar-refractivity contribution in [1.82, 2.24) is 9.78 Å². The van der Waals surface area contributed by atoms with Crippen molar-refractivity contribution in [3.05, 3.63) is 76.2 Å². The molecule has 3 rings (SSSR count). The van der Waals surface area contributed by atoms with Gasteiger partial charge in [-0.1, -0.05) is 48.5 Å². The SMILES string of the molecule is CC(C)(C)OC(=O)COC(=O)c1nn(Cc2ccccc2)c(=O)c2ccccc12. The second-order valence-corrected chi connectivity index (χ2v) is 7.51. The number of nitrogens with zero attached hydrogens (tertiary/aromatic N) is 2. The summed E-state index contributed by atoms with van der Waals surface area (Å²) in [4.78, 5) is 37.3. The van der Waals surface area contributed by atoms with E-state index in [2.05, 4.69) is 5.10 Å². The summed E-state index contributed by atoms with van der Waals surface area (Å²) in [5, 5.41) is 4.95. The molecule has 0 aliphatic rings. The largest absolute Gasteiger partial charge is 0.457 e. The predicted octanol–water partition coefficient (Wildman–Crippen LogP) is 2.94. The standard InChI is InChI=1S/C22H22N2O5/c1-22(2,3)29-18(25)14-28-21(27)19-16-11-7-8-12-17(16)20(26)24(23-19)13-15-9-5-4-6-10-15/h4-12H,13-14H2,1-3H3. The maximum Gasteiger partial charge on any atom is 0.360 e. The normalized spacial score (nSPS) is 11.3. The van der Waals surface area contributed by atoms with Crippen LogP contribution in [-0.2, 0) is 20.8 Å². The maximum atomic E-state index is 12.8. The van der Waals surface area contributed by atoms with Crippen molar-refractivity contribution in [3.63, 3.8) is 0 Å². The number of ether oxygens (including phenoxy) is 2. The second-order valence-electron chi connectivity index (χ2n) is 7.51. The summed E-state index contributed by atoms with van der Waals surface area (Å²) >= 11 is 0. The molecule has 0 fully saturated rings. The molecule has 0 saturated heterocycles. The summed E-state index contributed by atoms with van der Waals surface area (Å²) in [6.45, 7) is 4.84. The zero-order chi connectivity index (χ0) is 21.0. The second kappa shape index (κ2) is 8.26. The van der Waals surface area contributed by atoms with Crippen molar-refractivity contribution in [2.75, 3.05) is 6.61 Å². The van der Waals surface area contributed by atoms with E-state index in [4.69, 9.17) is 9.47 Å². The van der Waals surface area contributed by atoms with E-state index in [1.807, 2.05) is 30.3 Å². The smallest absolute Gasteiger partial charge is 0.360 e. The van der Waals surface area contributed by atoms with Gasteiger partial charge in [0.25, 0.3) is 5.56 Å². The van der Waals surface area contributed by atoms with E-state index >= 15 is 0 Å². The van der Waals surface area contributed by atoms with Crippen LogP contribution in [0.1, 0.15) is 36.8 Å². The Bertz CT molecular complexity index is 1100. The highest BCUT2D eigenvalue weighted by molar-refractivity contribution is 6.02. The predicted molar refractivity (Wildman–Crippen MR) is 108 cm³/mol. The first-order valence-electron chi connectivity index (χ1n) is 9.17. The molecule has 0 aliphatic heterocycles. The lowest BCUT2D eigenvalue weighted by Crippen LogP contribution is -2.29. The Labute approximate surface area is 167 Å². The lowest BCUT2D eigenvalue weighted by atomic mass is 10.1. The van der Waals surface area contributed by atoms with E-state index in [0.29, 0.717) is 10.8 Å². The Kier molecular flexibility index (Phi) is 5.77. The first-order chi connectivity index (χ1) is 13.7. The minimum atomic E-state index is -0.797. The van der Waals surface area contributed by atoms with Gasteiger partial charge in [-0.2, -0.15) is 5.10 Å². The van der Waals surface area contributed by atoms with Gasteiger partial charge in [0.1, 0.15) is 5.60 Å². The lowest BCUT2D eigenvalue weighted by molar-refractivity contribution is -0.158. The Balaban J connectivity index is 1.92. The van der Waals surface area contributed by atoms with E-state index < -0.39 is 24.1 Å². The number of fused-ring (bicyclic) bond motifs is 1. The lowest BCUT2D eigenvalue weighted by Gasteiger charge is -2.19. The Morgan fingerprint density at radius 1 is 0.966 bits per heavy atom. The third-order valence-corrected chi connectivity index (χ3v) is 3.98. The fourth-order valence-electron chi connectivity index (χ4n) is 2.81. The number of rotatable bonds is 5. The van der Waals surface area contributed by atoms with Crippen LogP contribution in [0.15, 0.2) is 59.4 Å². The molecule has 1 aromatic heterocycles. The molecule has 0 spiro atoms. The topological polar surface area (TPSA) is 87.5 Å². The number of benzene rings is 2. The zero-order valence-electron chi connectivity index (χ0n) is 16.5. The molecule has 7 nitrogen and oxygen atoms in total. The summed E-state index contributed by atoms with van der Waals surface area (Å²) < 4.78 is 11.5. The minimum Gasteiger partial charge on any atom is -0.457 e. The number of aromatic nitrogens is 2. The molecule has 0 saturated carbocycles. The van der Waals surface area contributed by atoms with Crippen LogP contribution in [0.4, 0.5) is 0 Å². The van der Waals surface area contributed by atoms with Gasteiger partial charge in [0.2, 0.25) is 0 Å². The molecule has 0 aliphatic carbocycles. The van der Waals surface area contributed by atoms with Crippen LogP contribution in [0.5, 0.6) is 0 Å². The summed E-state index contributed by atoms with van der Waals surface area (Å²) in [5.41, 5.74) is -0.157. The molecular weight excluding hydrogens is 372 g/mol. The molecule has 29 heavy (non-hydrogen) atoms. The van der Waals surface area contributed by atoms with E-state index in [1.165, 1.54) is 4.68 Å². The third kappa shape index (κ3) is 5.07. The molecule has 0 bridgehead atoms. The van der Waals surface area contributed by atoms with Gasteiger partial charge in [-0.05, 0) is 32.4 Å². The number of carbonyl (C=O) groups is 2. The molecule has 0 atom stereocenters. The summed E-state index contributed by atoms with van der Waals surface area (Å²) in [5.74, 6) is -1.46. The Morgan fingerprint density at radius 3 is 2.24 bits per heavy atom. The number of carbonyl (C=O) groups excluding carboxylic acids is 2. The van der Waals surface area contributed by atoms with Crippen molar-refractivity contribution >= 4 is 22.7 Å². The van der Waals surface area contributed by atoms with Crippen LogP contribution in [0.3, 0.4) is 0 Å². The highest BCUT2D eigenvalue weighted by Crippen LogP contribution is 2.15. The van der Waals surface area contributed by atoms with Crippen molar-refractivity contribution in [2.45, 2.75) is 32.9 Å². The van der Waals surface area contributed by atoms with Crippen LogP contribution in [0.25, 0.3) is 10.8 Å². The van der Waals surface area contributed by atoms with Gasteiger partial charge >= 0.3 is 11.9 Å². The van der Waals surface area contributed by atoms with Crippen molar-refractivity contribution in [3.8, 4) is 0 Å². The molecule has 0 radical (unpaired) electrons. The summed E-state index contributed by atoms with van der Waals surface area (Å²) in [7, 11) is 0. The molecule has 1 heterocycles. The quantitative estimate of drug-likeness (QED) is 0.619. The van der Waals surface area contributed by atoms with Gasteiger partial charge in [-0.25, -0.2) is 14.3 Å². The fourth-order valence-corrected chi connectivity index (χ4v) is 2.81. The molecule has 0 N–H and O–H groups in total. The average Bonchev–Trinajstić information content (AvgIpc) is 2.68. The zero-order valence-corrected chi connectivity index (χ0v) is 16.5. The molecule has 0 unspecified atom stereocenters. The average molecular weight is 394 g/mol. The number of hydrogen-bond donors (Lipinski definition) is 0. The van der Waals surface area contributed by atoms with Crippen LogP contribution in [-0.4, -0.2) is 33.9 Å². The van der Waals surface area contributed by atoms with Crippen molar-refractivity contribution in [2.24, 2.45) is 0 Å². The number of hydrogen-bond acceptors (Lipinski definition) is 6. The van der Waals surface area contributed by atoms with Crippen molar-refractivity contribution in [1.29, 1.82) is 0 Å². The van der Waals surface area contributed by atoms with Crippen LogP contribution in [0.2, 0.25) is 0 Å². The van der Waals surface area contributed by atoms with Crippen molar-refractivity contribution < 1.29 is 19.1 Å². The van der Waals surface area contributed by atoms with E-state index in [-0.39, 0.29) is 17.8 Å². The third-order valence-electron chi connectivity index (χ3n) is 3.98. The van der Waals surface area contributed by atoms with E-state index in [0.717, 1.165) is 5.56 Å². The first-order valence-corrected chi connectivity index (χ1v) is 9.17. The summed E-state index contributed by atoms with van der Waals surface area (Å²) in [6, 6.07) is 16.0. The van der Waals surface area contributed by atoms with Gasteiger partial charge in [-0.3, -0.25) is 4.79 Å². The van der Waals surface area contributed by atoms with Crippen LogP contribution < -0.4 is 5.56 Å². The molecule has 2 aromatic carbocycles. The van der Waals surface area contributed by atoms with Crippen LogP contribution in [0, 0.1) is 0 Å². The number of esters is 2. The highest BCUT2D eigenvalue weighted by atomic mass is 16.6. The minimum absolute atomic E-state index is 0.0281. The Morgan fingerprint density at radius 2 is 1.59 bits per heavy atom. The fraction of sp³-hybridized carbons (Fsp3) is 0.273. The maximum absolute atomic E-state index is 12.8. The molecule has 0 amide bonds. The van der Waals surface area contributed by atoms with Crippen LogP contribution >= 0.6 is 0 Å². The van der Waals surface area contributed by atoms with Gasteiger partial charge in [0.15, 0.2) is 12.3 Å². The summed E-state index contributed by atoms with van der Waals surface area (Å²) in [6.07, 6.45) is 0. The highest BCUT2D eigenvalue weighted by Gasteiger charge is 2.21. The monoisotopic (exact) mass is 394 g/mol. The molecule has 150 valence electrons. The van der Waals surface area contributed by atoms with Gasteiger partial charge in [-0.15, -0.1) is 0 Å². The molecular formula is C22H22N2O5. The van der Waals surface area contributed by atoms with Gasteiger partial charge in [0, 0.05) is 5.39 Å². The molecule has 7 heteroatoms. The van der Waals surface area contributed by atoms with E-state index in [1.54, 1.807) is 45.0 Å². The molecule has 3 aromatic rings.